The van der Waals surface area contributed by atoms with Crippen LogP contribution in [0.1, 0.15) is 22.3 Å². The molecule has 5 nitrogen and oxygen atoms in total. The molecule has 1 aliphatic rings. The second-order valence-corrected chi connectivity index (χ2v) is 16.8. The average Bonchev–Trinajstić information content (AvgIpc) is 3.72. The first kappa shape index (κ1) is 39.6. The third-order valence-electron chi connectivity index (χ3n) is 12.8. The van der Waals surface area contributed by atoms with Crippen LogP contribution in [0.2, 0.25) is 0 Å². The number of hydrogen-bond acceptors (Lipinski definition) is 5. The lowest BCUT2D eigenvalue weighted by Gasteiger charge is -2.34. The molecule has 0 radical (unpaired) electrons. The Balaban J connectivity index is 1.15. The van der Waals surface area contributed by atoms with E-state index < -0.39 is 5.41 Å². The molecule has 1 aliphatic carbocycles. The quantitative estimate of drug-likeness (QED) is 0.145. The van der Waals surface area contributed by atoms with Gasteiger partial charge in [-0.2, -0.15) is 0 Å². The molecule has 5 heteroatoms. The Hall–Kier alpha value is -8.93. The number of nitrogens with zero attached hydrogens (tertiary/aromatic N) is 5. The standard InChI is InChI=1S/C62H41N5/c1-7-22-42(23-8-1)56-41-57(43-24-9-2-10-25-43)64-61(63-56)53-39-52-50-36-19-20-37-54(50)62(48-32-15-5-16-33-48,49-34-17-6-18-35-49)55(52)40-51(53)46-30-21-31-47(38-46)60-66-58(44-26-11-3-12-27-44)65-59(67-60)45-28-13-4-14-29-45/h1-41H. The van der Waals surface area contributed by atoms with Crippen LogP contribution in [0.25, 0.3) is 90.3 Å². The predicted molar refractivity (Wildman–Crippen MR) is 271 cm³/mol. The van der Waals surface area contributed by atoms with Crippen LogP contribution in [0, 0.1) is 0 Å². The van der Waals surface area contributed by atoms with E-state index in [-0.39, 0.29) is 0 Å². The molecule has 67 heavy (non-hydrogen) atoms. The minimum absolute atomic E-state index is 0.585. The third kappa shape index (κ3) is 7.11. The first-order chi connectivity index (χ1) is 33.2. The monoisotopic (exact) mass is 855 g/mol. The van der Waals surface area contributed by atoms with Gasteiger partial charge in [-0.05, 0) is 68.8 Å². The van der Waals surface area contributed by atoms with E-state index in [0.29, 0.717) is 23.3 Å². The van der Waals surface area contributed by atoms with Crippen LogP contribution < -0.4 is 0 Å². The average molecular weight is 856 g/mol. The molecule has 9 aromatic carbocycles. The van der Waals surface area contributed by atoms with E-state index >= 15 is 0 Å². The molecule has 0 amide bonds. The lowest BCUT2D eigenvalue weighted by atomic mass is 9.67. The van der Waals surface area contributed by atoms with E-state index in [1.54, 1.807) is 0 Å². The van der Waals surface area contributed by atoms with Crippen LogP contribution >= 0.6 is 0 Å². The lowest BCUT2D eigenvalue weighted by molar-refractivity contribution is 0.769. The van der Waals surface area contributed by atoms with Crippen LogP contribution in [0.5, 0.6) is 0 Å². The van der Waals surface area contributed by atoms with Crippen molar-refractivity contribution in [3.05, 3.63) is 271 Å². The maximum atomic E-state index is 5.45. The number of aromatic nitrogens is 5. The predicted octanol–water partition coefficient (Wildman–Crippen LogP) is 14.7. The number of fused-ring (bicyclic) bond motifs is 3. The van der Waals surface area contributed by atoms with Crippen molar-refractivity contribution < 1.29 is 0 Å². The Kier molecular flexibility index (Phi) is 9.99. The first-order valence-electron chi connectivity index (χ1n) is 22.6. The van der Waals surface area contributed by atoms with Crippen molar-refractivity contribution >= 4 is 0 Å². The topological polar surface area (TPSA) is 64.5 Å². The van der Waals surface area contributed by atoms with E-state index in [0.717, 1.165) is 61.5 Å². The van der Waals surface area contributed by atoms with Gasteiger partial charge in [0.1, 0.15) is 0 Å². The molecule has 0 unspecified atom stereocenters. The van der Waals surface area contributed by atoms with E-state index in [9.17, 15) is 0 Å². The van der Waals surface area contributed by atoms with Crippen LogP contribution in [-0.4, -0.2) is 24.9 Å². The van der Waals surface area contributed by atoms with Gasteiger partial charge in [0.25, 0.3) is 0 Å². The van der Waals surface area contributed by atoms with Gasteiger partial charge in [-0.25, -0.2) is 24.9 Å². The van der Waals surface area contributed by atoms with Crippen molar-refractivity contribution in [2.45, 2.75) is 5.41 Å². The van der Waals surface area contributed by atoms with Crippen LogP contribution in [-0.2, 0) is 5.41 Å². The van der Waals surface area contributed by atoms with Gasteiger partial charge < -0.3 is 0 Å². The van der Waals surface area contributed by atoms with Gasteiger partial charge in [0, 0.05) is 33.4 Å². The minimum atomic E-state index is -0.620. The molecule has 12 rings (SSSR count). The molecule has 0 fully saturated rings. The van der Waals surface area contributed by atoms with Gasteiger partial charge in [-0.15, -0.1) is 0 Å². The maximum Gasteiger partial charge on any atom is 0.164 e. The Bertz CT molecular complexity index is 3390. The van der Waals surface area contributed by atoms with Crippen LogP contribution in [0.15, 0.2) is 249 Å². The Morgan fingerprint density at radius 2 is 0.642 bits per heavy atom. The number of hydrogen-bond donors (Lipinski definition) is 0. The summed E-state index contributed by atoms with van der Waals surface area (Å²) in [6.45, 7) is 0. The molecule has 0 atom stereocenters. The van der Waals surface area contributed by atoms with E-state index in [2.05, 4.69) is 176 Å². The highest BCUT2D eigenvalue weighted by molar-refractivity contribution is 5.95. The Morgan fingerprint density at radius 1 is 0.224 bits per heavy atom. The minimum Gasteiger partial charge on any atom is -0.228 e. The highest BCUT2D eigenvalue weighted by Gasteiger charge is 2.46. The fraction of sp³-hybridized carbons (Fsp3) is 0.0161. The molecular weight excluding hydrogens is 815 g/mol. The lowest BCUT2D eigenvalue weighted by Crippen LogP contribution is -2.28. The van der Waals surface area contributed by atoms with E-state index in [4.69, 9.17) is 24.9 Å². The Morgan fingerprint density at radius 3 is 1.16 bits per heavy atom. The maximum absolute atomic E-state index is 5.45. The number of benzene rings is 9. The molecule has 314 valence electrons. The van der Waals surface area contributed by atoms with Crippen LogP contribution in [0.3, 0.4) is 0 Å². The van der Waals surface area contributed by atoms with Crippen molar-refractivity contribution in [2.24, 2.45) is 0 Å². The number of rotatable bonds is 9. The van der Waals surface area contributed by atoms with Crippen molar-refractivity contribution in [1.29, 1.82) is 0 Å². The first-order valence-corrected chi connectivity index (χ1v) is 22.6. The summed E-state index contributed by atoms with van der Waals surface area (Å²) in [4.78, 5) is 26.2. The summed E-state index contributed by atoms with van der Waals surface area (Å²) in [5, 5.41) is 0. The second-order valence-electron chi connectivity index (χ2n) is 16.8. The van der Waals surface area contributed by atoms with Gasteiger partial charge in [-0.3, -0.25) is 0 Å². The van der Waals surface area contributed by atoms with Crippen molar-refractivity contribution in [3.63, 3.8) is 0 Å². The largest absolute Gasteiger partial charge is 0.228 e. The molecule has 0 aliphatic heterocycles. The fourth-order valence-electron chi connectivity index (χ4n) is 9.76. The summed E-state index contributed by atoms with van der Waals surface area (Å²) in [5.41, 5.74) is 15.9. The summed E-state index contributed by atoms with van der Waals surface area (Å²) in [6, 6.07) is 87.1. The van der Waals surface area contributed by atoms with Gasteiger partial charge in [-0.1, -0.05) is 224 Å². The SMILES string of the molecule is c1ccc(-c2cc(-c3ccccc3)nc(-c3cc4c(cc3-c3cccc(-c5nc(-c6ccccc6)nc(-c6ccccc6)n5)c3)C(c3ccccc3)(c3ccccc3)c3ccccc3-4)n2)cc1. The van der Waals surface area contributed by atoms with Gasteiger partial charge in [0.05, 0.1) is 16.8 Å². The zero-order valence-electron chi connectivity index (χ0n) is 36.4. The zero-order chi connectivity index (χ0) is 44.6. The van der Waals surface area contributed by atoms with Gasteiger partial charge in [0.2, 0.25) is 0 Å². The smallest absolute Gasteiger partial charge is 0.164 e. The molecule has 0 N–H and O–H groups in total. The summed E-state index contributed by atoms with van der Waals surface area (Å²) in [5.74, 6) is 2.44. The third-order valence-corrected chi connectivity index (χ3v) is 12.8. The molecule has 0 saturated carbocycles. The molecule has 2 heterocycles. The van der Waals surface area contributed by atoms with E-state index in [1.165, 1.54) is 27.8 Å². The molecule has 0 bridgehead atoms. The highest BCUT2D eigenvalue weighted by Crippen LogP contribution is 2.58. The normalized spacial score (nSPS) is 12.3. The summed E-state index contributed by atoms with van der Waals surface area (Å²) < 4.78 is 0. The van der Waals surface area contributed by atoms with Crippen molar-refractivity contribution in [2.75, 3.05) is 0 Å². The summed E-state index contributed by atoms with van der Waals surface area (Å²) in [7, 11) is 0. The van der Waals surface area contributed by atoms with Crippen molar-refractivity contribution in [1.82, 2.24) is 24.9 Å². The summed E-state index contributed by atoms with van der Waals surface area (Å²) >= 11 is 0. The van der Waals surface area contributed by atoms with Crippen LogP contribution in [0.4, 0.5) is 0 Å². The second kappa shape index (κ2) is 16.9. The van der Waals surface area contributed by atoms with E-state index in [1.807, 2.05) is 72.8 Å². The summed E-state index contributed by atoms with van der Waals surface area (Å²) in [6.07, 6.45) is 0. The van der Waals surface area contributed by atoms with Gasteiger partial charge in [0.15, 0.2) is 23.3 Å². The zero-order valence-corrected chi connectivity index (χ0v) is 36.4. The van der Waals surface area contributed by atoms with Crippen molar-refractivity contribution in [3.8, 4) is 90.3 Å². The molecule has 0 spiro atoms. The van der Waals surface area contributed by atoms with Gasteiger partial charge >= 0.3 is 0 Å². The Labute approximate surface area is 389 Å². The molecule has 11 aromatic rings. The molecule has 0 saturated heterocycles. The molecular formula is C62H41N5. The molecule has 2 aromatic heterocycles. The fourth-order valence-corrected chi connectivity index (χ4v) is 9.76. The highest BCUT2D eigenvalue weighted by atomic mass is 15.0.